The lowest BCUT2D eigenvalue weighted by atomic mass is 9.95. The van der Waals surface area contributed by atoms with Crippen molar-refractivity contribution in [3.8, 4) is 11.8 Å². The Bertz CT molecular complexity index is 1360. The van der Waals surface area contributed by atoms with Crippen molar-refractivity contribution in [1.82, 2.24) is 4.57 Å². The second-order valence-corrected chi connectivity index (χ2v) is 13.3. The van der Waals surface area contributed by atoms with Crippen LogP contribution in [0.15, 0.2) is 80.0 Å². The normalized spacial score (nSPS) is 14.3. The number of ether oxygens (including phenoxy) is 1. The molecule has 1 fully saturated rings. The molecule has 1 saturated heterocycles. The van der Waals surface area contributed by atoms with Crippen LogP contribution in [0.1, 0.15) is 180 Å². The molecule has 3 aromatic rings. The van der Waals surface area contributed by atoms with Crippen LogP contribution < -0.4 is 11.2 Å². The Labute approximate surface area is 324 Å². The van der Waals surface area contributed by atoms with Gasteiger partial charge >= 0.3 is 0 Å². The third kappa shape index (κ3) is 22.5. The second-order valence-electron chi connectivity index (χ2n) is 13.3. The van der Waals surface area contributed by atoms with Crippen molar-refractivity contribution in [2.75, 3.05) is 0 Å². The van der Waals surface area contributed by atoms with E-state index in [2.05, 4.69) is 116 Å². The summed E-state index contributed by atoms with van der Waals surface area (Å²) in [6, 6.07) is 18.1. The summed E-state index contributed by atoms with van der Waals surface area (Å²) in [5.41, 5.74) is 13.3. The minimum atomic E-state index is 0.279. The fourth-order valence-corrected chi connectivity index (χ4v) is 5.31. The lowest BCUT2D eigenvalue weighted by molar-refractivity contribution is -0.00387. The molecule has 4 rings (SSSR count). The minimum Gasteiger partial charge on any atom is -0.399 e. The van der Waals surface area contributed by atoms with E-state index in [4.69, 9.17) is 18.3 Å². The Balaban J connectivity index is 0. The Morgan fingerprint density at radius 3 is 2.08 bits per heavy atom. The van der Waals surface area contributed by atoms with Crippen LogP contribution in [-0.2, 0) is 17.6 Å². The first-order valence-corrected chi connectivity index (χ1v) is 20.3. The van der Waals surface area contributed by atoms with Crippen molar-refractivity contribution < 1.29 is 4.74 Å². The van der Waals surface area contributed by atoms with Crippen molar-refractivity contribution >= 4 is 19.0 Å². The third-order valence-electron chi connectivity index (χ3n) is 7.94. The molecule has 0 aliphatic carbocycles. The molecule has 288 valence electrons. The molecule has 2 aromatic carbocycles. The van der Waals surface area contributed by atoms with Gasteiger partial charge in [-0.3, -0.25) is 0 Å². The zero-order chi connectivity index (χ0) is 39.7. The van der Waals surface area contributed by atoms with E-state index < -0.39 is 0 Å². The van der Waals surface area contributed by atoms with Gasteiger partial charge in [-0.1, -0.05) is 168 Å². The van der Waals surface area contributed by atoms with Gasteiger partial charge in [-0.15, -0.1) is 6.58 Å². The maximum absolute atomic E-state index is 6.31. The molecule has 3 nitrogen and oxygen atoms in total. The Morgan fingerprint density at radius 1 is 0.962 bits per heavy atom. The number of unbranched alkanes of at least 4 members (excludes halogenated alkanes) is 1. The summed E-state index contributed by atoms with van der Waals surface area (Å²) < 4.78 is 8.74. The Kier molecular flexibility index (Phi) is 32.6. The molecule has 52 heavy (non-hydrogen) atoms. The summed E-state index contributed by atoms with van der Waals surface area (Å²) in [7, 11) is 5.52. The predicted molar refractivity (Wildman–Crippen MR) is 236 cm³/mol. The summed E-state index contributed by atoms with van der Waals surface area (Å²) in [6.07, 6.45) is 19.0. The molecule has 3 unspecified atom stereocenters. The number of hydrogen-bond acceptors (Lipinski definition) is 2. The molecule has 1 aromatic heterocycles. The number of nitrogens with zero attached hydrogens (tertiary/aromatic N) is 1. The van der Waals surface area contributed by atoms with Crippen LogP contribution in [0.2, 0.25) is 0 Å². The van der Waals surface area contributed by atoms with Gasteiger partial charge in [0, 0.05) is 29.6 Å². The SMILES string of the molecule is C=C(N)c1cccc(C#CCC)c1.C=CC.CCC.CCC.CCCCC1CCC(n2ccc(CC)c2C(C)CC)O1.[B]c1ccc(CCC)cc1. The molecule has 0 spiro atoms. The van der Waals surface area contributed by atoms with E-state index in [1.807, 2.05) is 50.2 Å². The van der Waals surface area contributed by atoms with Gasteiger partial charge in [0.25, 0.3) is 0 Å². The molecule has 4 heteroatoms. The van der Waals surface area contributed by atoms with Crippen molar-refractivity contribution in [3.63, 3.8) is 0 Å². The third-order valence-corrected chi connectivity index (χ3v) is 7.94. The van der Waals surface area contributed by atoms with Gasteiger partial charge < -0.3 is 15.0 Å². The van der Waals surface area contributed by atoms with E-state index in [1.165, 1.54) is 74.6 Å². The zero-order valence-electron chi connectivity index (χ0n) is 35.5. The van der Waals surface area contributed by atoms with E-state index in [1.54, 1.807) is 6.08 Å². The second kappa shape index (κ2) is 33.4. The molecule has 0 saturated carbocycles. The summed E-state index contributed by atoms with van der Waals surface area (Å²) >= 11 is 0. The van der Waals surface area contributed by atoms with Crippen LogP contribution in [0.3, 0.4) is 0 Å². The molecule has 0 bridgehead atoms. The summed E-state index contributed by atoms with van der Waals surface area (Å²) in [5.74, 6) is 6.68. The van der Waals surface area contributed by atoms with Gasteiger partial charge in [0.2, 0.25) is 0 Å². The number of nitrogens with two attached hydrogens (primary N) is 1. The van der Waals surface area contributed by atoms with Crippen LogP contribution in [0.4, 0.5) is 0 Å². The van der Waals surface area contributed by atoms with Crippen LogP contribution in [0, 0.1) is 11.8 Å². The van der Waals surface area contributed by atoms with E-state index in [9.17, 15) is 0 Å². The number of allylic oxidation sites excluding steroid dienone is 1. The minimum absolute atomic E-state index is 0.279. The van der Waals surface area contributed by atoms with Crippen LogP contribution in [-0.4, -0.2) is 18.5 Å². The molecule has 1 aliphatic rings. The fraction of sp³-hybridized carbons (Fsp3) is 0.542. The van der Waals surface area contributed by atoms with Crippen molar-refractivity contribution in [3.05, 3.63) is 108 Å². The molecular formula is C48H77BN2O. The Hall–Kier alpha value is -3.42. The van der Waals surface area contributed by atoms with Gasteiger partial charge in [-0.2, -0.15) is 0 Å². The monoisotopic (exact) mass is 709 g/mol. The lowest BCUT2D eigenvalue weighted by Gasteiger charge is -2.22. The summed E-state index contributed by atoms with van der Waals surface area (Å²) in [5, 5.41) is 0. The lowest BCUT2D eigenvalue weighted by Crippen LogP contribution is -2.15. The maximum atomic E-state index is 6.31. The number of aromatic nitrogens is 1. The first kappa shape index (κ1) is 50.7. The highest BCUT2D eigenvalue weighted by Crippen LogP contribution is 2.35. The van der Waals surface area contributed by atoms with Gasteiger partial charge in [0.15, 0.2) is 0 Å². The predicted octanol–water partition coefficient (Wildman–Crippen LogP) is 13.3. The molecule has 2 heterocycles. The fourth-order valence-electron chi connectivity index (χ4n) is 5.31. The zero-order valence-corrected chi connectivity index (χ0v) is 35.5. The molecular weight excluding hydrogens is 631 g/mol. The standard InChI is InChI=1S/C18H31NO.C12H13N.C9H11B.2C3H8.C3H6/c1-5-8-9-16-10-11-17(20-16)19-13-12-15(7-3)18(19)14(4)6-2;1-3-4-6-11-7-5-8-12(9-11)10(2)13;1-2-3-8-4-6-9(10)7-5-8;3*1-3-2/h12-14,16-17H,5-11H2,1-4H3;5,7-9H,2-3,13H2,1H3;4-7H,2-3H2,1H3;2*3H2,1-2H3;3H,1H2,2H3. The smallest absolute Gasteiger partial charge is 0.134 e. The van der Waals surface area contributed by atoms with Crippen molar-refractivity contribution in [2.45, 2.75) is 171 Å². The van der Waals surface area contributed by atoms with Crippen LogP contribution >= 0.6 is 0 Å². The van der Waals surface area contributed by atoms with Gasteiger partial charge in [-0.05, 0) is 86.3 Å². The van der Waals surface area contributed by atoms with Crippen LogP contribution in [0.5, 0.6) is 0 Å². The number of benzene rings is 2. The first-order valence-electron chi connectivity index (χ1n) is 20.3. The highest BCUT2D eigenvalue weighted by Gasteiger charge is 2.28. The highest BCUT2D eigenvalue weighted by molar-refractivity contribution is 6.32. The largest absolute Gasteiger partial charge is 0.399 e. The summed E-state index contributed by atoms with van der Waals surface area (Å²) in [6.45, 7) is 30.8. The van der Waals surface area contributed by atoms with Crippen molar-refractivity contribution in [2.24, 2.45) is 5.73 Å². The highest BCUT2D eigenvalue weighted by atomic mass is 16.5. The number of hydrogen-bond donors (Lipinski definition) is 1. The van der Waals surface area contributed by atoms with E-state index in [-0.39, 0.29) is 6.23 Å². The van der Waals surface area contributed by atoms with E-state index >= 15 is 0 Å². The van der Waals surface area contributed by atoms with Gasteiger partial charge in [0.1, 0.15) is 14.1 Å². The quantitative estimate of drug-likeness (QED) is 0.129. The molecule has 0 amide bonds. The number of aryl methyl sites for hydroxylation is 2. The molecule has 3 atom stereocenters. The average molecular weight is 709 g/mol. The maximum Gasteiger partial charge on any atom is 0.134 e. The average Bonchev–Trinajstić information content (AvgIpc) is 3.80. The van der Waals surface area contributed by atoms with E-state index in [0.29, 0.717) is 17.7 Å². The van der Waals surface area contributed by atoms with E-state index in [0.717, 1.165) is 35.9 Å². The van der Waals surface area contributed by atoms with Gasteiger partial charge in [-0.25, -0.2) is 0 Å². The molecule has 2 N–H and O–H groups in total. The number of rotatable bonds is 10. The van der Waals surface area contributed by atoms with Crippen LogP contribution in [0.25, 0.3) is 5.70 Å². The Morgan fingerprint density at radius 2 is 1.58 bits per heavy atom. The summed E-state index contributed by atoms with van der Waals surface area (Å²) in [4.78, 5) is 0. The topological polar surface area (TPSA) is 40.2 Å². The van der Waals surface area contributed by atoms with Gasteiger partial charge in [0.05, 0.1) is 6.10 Å². The molecule has 2 radical (unpaired) electrons. The molecule has 1 aliphatic heterocycles. The first-order chi connectivity index (χ1) is 25.0. The van der Waals surface area contributed by atoms with Crippen molar-refractivity contribution in [1.29, 1.82) is 0 Å².